The summed E-state index contributed by atoms with van der Waals surface area (Å²) in [5, 5.41) is 11.0. The highest BCUT2D eigenvalue weighted by Crippen LogP contribution is 2.26. The van der Waals surface area contributed by atoms with Crippen molar-refractivity contribution in [2.75, 3.05) is 12.3 Å². The molecule has 0 unspecified atom stereocenters. The number of aromatic nitrogens is 2. The van der Waals surface area contributed by atoms with Crippen molar-refractivity contribution in [1.29, 1.82) is 0 Å². The van der Waals surface area contributed by atoms with E-state index in [0.29, 0.717) is 12.2 Å². The predicted molar refractivity (Wildman–Crippen MR) is 72.2 cm³/mol. The summed E-state index contributed by atoms with van der Waals surface area (Å²) in [5.41, 5.74) is 8.56. The molecule has 0 fully saturated rings. The van der Waals surface area contributed by atoms with E-state index in [2.05, 4.69) is 9.97 Å². The summed E-state index contributed by atoms with van der Waals surface area (Å²) in [5.74, 6) is 0.444. The number of nitrogens with zero attached hydrogens (tertiary/aromatic N) is 2. The van der Waals surface area contributed by atoms with Gasteiger partial charge in [0.2, 0.25) is 0 Å². The van der Waals surface area contributed by atoms with Gasteiger partial charge in [-0.15, -0.1) is 0 Å². The molecule has 4 nitrogen and oxygen atoms in total. The highest BCUT2D eigenvalue weighted by molar-refractivity contribution is 6.07. The maximum absolute atomic E-state index is 8.96. The quantitative estimate of drug-likeness (QED) is 0.670. The highest BCUT2D eigenvalue weighted by atomic mass is 16.2. The molecule has 2 aromatic heterocycles. The van der Waals surface area contributed by atoms with Gasteiger partial charge in [-0.3, -0.25) is 4.98 Å². The Labute approximate surface area is 104 Å². The molecule has 3 rings (SSSR count). The lowest BCUT2D eigenvalue weighted by atomic mass is 10.1. The van der Waals surface area contributed by atoms with Crippen LogP contribution in [0.1, 0.15) is 5.56 Å². The van der Waals surface area contributed by atoms with Crippen LogP contribution in [0, 0.1) is 0 Å². The number of aliphatic hydroxyl groups is 1. The fourth-order valence-electron chi connectivity index (χ4n) is 2.19. The van der Waals surface area contributed by atoms with Crippen LogP contribution in [0.4, 0.5) is 5.82 Å². The molecule has 0 spiro atoms. The van der Waals surface area contributed by atoms with Gasteiger partial charge in [0.1, 0.15) is 5.52 Å². The van der Waals surface area contributed by atoms with Gasteiger partial charge in [-0.25, -0.2) is 4.98 Å². The van der Waals surface area contributed by atoms with Gasteiger partial charge in [0.05, 0.1) is 5.52 Å². The van der Waals surface area contributed by atoms with E-state index in [0.717, 1.165) is 27.4 Å². The summed E-state index contributed by atoms with van der Waals surface area (Å²) in [7, 11) is 0. The highest BCUT2D eigenvalue weighted by Gasteiger charge is 2.07. The number of fused-ring (bicyclic) bond motifs is 3. The standard InChI is InChI=1S/C14H13N3O/c15-14-13-11(2-1-6-16-13)10-4-3-9(5-7-18)8-12(10)17-14/h1-4,6,8,18H,5,7H2,(H2,15,17). The Balaban J connectivity index is 2.35. The topological polar surface area (TPSA) is 72.0 Å². The van der Waals surface area contributed by atoms with Gasteiger partial charge in [-0.05, 0) is 24.1 Å². The molecule has 0 bridgehead atoms. The van der Waals surface area contributed by atoms with Crippen LogP contribution in [0.15, 0.2) is 36.5 Å². The first-order valence-corrected chi connectivity index (χ1v) is 5.83. The Morgan fingerprint density at radius 3 is 2.89 bits per heavy atom. The molecule has 0 saturated carbocycles. The second kappa shape index (κ2) is 4.23. The van der Waals surface area contributed by atoms with Crippen molar-refractivity contribution in [2.24, 2.45) is 0 Å². The van der Waals surface area contributed by atoms with Gasteiger partial charge in [-0.1, -0.05) is 18.2 Å². The maximum Gasteiger partial charge on any atom is 0.150 e. The van der Waals surface area contributed by atoms with E-state index in [1.807, 2.05) is 30.3 Å². The summed E-state index contributed by atoms with van der Waals surface area (Å²) in [6, 6.07) is 9.87. The molecule has 0 saturated heterocycles. The van der Waals surface area contributed by atoms with Crippen molar-refractivity contribution in [3.63, 3.8) is 0 Å². The van der Waals surface area contributed by atoms with E-state index in [9.17, 15) is 0 Å². The molecule has 18 heavy (non-hydrogen) atoms. The molecule has 90 valence electrons. The number of benzene rings is 1. The molecule has 2 heterocycles. The monoisotopic (exact) mass is 239 g/mol. The average Bonchev–Trinajstić information content (AvgIpc) is 2.39. The Bertz CT molecular complexity index is 725. The molecule has 3 N–H and O–H groups in total. The van der Waals surface area contributed by atoms with Gasteiger partial charge in [-0.2, -0.15) is 0 Å². The van der Waals surface area contributed by atoms with E-state index >= 15 is 0 Å². The Morgan fingerprint density at radius 1 is 1.17 bits per heavy atom. The van der Waals surface area contributed by atoms with Gasteiger partial charge in [0.15, 0.2) is 5.82 Å². The van der Waals surface area contributed by atoms with E-state index in [1.54, 1.807) is 6.20 Å². The van der Waals surface area contributed by atoms with E-state index in [-0.39, 0.29) is 6.61 Å². The maximum atomic E-state index is 8.96. The van der Waals surface area contributed by atoms with E-state index in [4.69, 9.17) is 10.8 Å². The van der Waals surface area contributed by atoms with Crippen LogP contribution in [-0.2, 0) is 6.42 Å². The van der Waals surface area contributed by atoms with Gasteiger partial charge >= 0.3 is 0 Å². The normalized spacial score (nSPS) is 11.2. The average molecular weight is 239 g/mol. The zero-order chi connectivity index (χ0) is 12.5. The molecular formula is C14H13N3O. The molecule has 0 aliphatic heterocycles. The van der Waals surface area contributed by atoms with E-state index in [1.165, 1.54) is 0 Å². The fourth-order valence-corrected chi connectivity index (χ4v) is 2.19. The van der Waals surface area contributed by atoms with Gasteiger partial charge in [0.25, 0.3) is 0 Å². The molecule has 4 heteroatoms. The summed E-state index contributed by atoms with van der Waals surface area (Å²) in [6.07, 6.45) is 2.34. The first kappa shape index (κ1) is 10.9. The number of aliphatic hydroxyl groups excluding tert-OH is 1. The number of hydrogen-bond acceptors (Lipinski definition) is 4. The van der Waals surface area contributed by atoms with Crippen molar-refractivity contribution in [2.45, 2.75) is 6.42 Å². The lowest BCUT2D eigenvalue weighted by Crippen LogP contribution is -1.96. The third-order valence-corrected chi connectivity index (χ3v) is 3.04. The third kappa shape index (κ3) is 1.67. The Hall–Kier alpha value is -2.20. The molecule has 0 aliphatic rings. The largest absolute Gasteiger partial charge is 0.396 e. The summed E-state index contributed by atoms with van der Waals surface area (Å²) >= 11 is 0. The zero-order valence-corrected chi connectivity index (χ0v) is 9.80. The minimum Gasteiger partial charge on any atom is -0.396 e. The lowest BCUT2D eigenvalue weighted by molar-refractivity contribution is 0.299. The molecule has 0 amide bonds. The van der Waals surface area contributed by atoms with Gasteiger partial charge < -0.3 is 10.8 Å². The van der Waals surface area contributed by atoms with Crippen LogP contribution < -0.4 is 5.73 Å². The van der Waals surface area contributed by atoms with Crippen molar-refractivity contribution in [3.8, 4) is 0 Å². The van der Waals surface area contributed by atoms with Crippen LogP contribution >= 0.6 is 0 Å². The number of pyridine rings is 2. The second-order valence-electron chi connectivity index (χ2n) is 4.22. The first-order valence-electron chi connectivity index (χ1n) is 5.83. The minimum absolute atomic E-state index is 0.135. The molecule has 3 aromatic rings. The van der Waals surface area contributed by atoms with Crippen molar-refractivity contribution >= 4 is 27.6 Å². The van der Waals surface area contributed by atoms with E-state index < -0.39 is 0 Å². The summed E-state index contributed by atoms with van der Waals surface area (Å²) in [6.45, 7) is 0.135. The molecular weight excluding hydrogens is 226 g/mol. The molecule has 0 atom stereocenters. The molecule has 1 aromatic carbocycles. The van der Waals surface area contributed by atoms with Crippen LogP contribution in [0.5, 0.6) is 0 Å². The number of nitrogen functional groups attached to an aromatic ring is 1. The summed E-state index contributed by atoms with van der Waals surface area (Å²) < 4.78 is 0. The van der Waals surface area contributed by atoms with Crippen LogP contribution in [-0.4, -0.2) is 21.7 Å². The van der Waals surface area contributed by atoms with Crippen molar-refractivity contribution < 1.29 is 5.11 Å². The number of rotatable bonds is 2. The molecule has 0 aliphatic carbocycles. The lowest BCUT2D eigenvalue weighted by Gasteiger charge is -2.07. The Morgan fingerprint density at radius 2 is 2.06 bits per heavy atom. The minimum atomic E-state index is 0.135. The van der Waals surface area contributed by atoms with Crippen molar-refractivity contribution in [1.82, 2.24) is 9.97 Å². The SMILES string of the molecule is Nc1nc2cc(CCO)ccc2c2cccnc12. The first-order chi connectivity index (χ1) is 8.79. The smallest absolute Gasteiger partial charge is 0.150 e. The Kier molecular flexibility index (Phi) is 2.57. The fraction of sp³-hybridized carbons (Fsp3) is 0.143. The second-order valence-corrected chi connectivity index (χ2v) is 4.22. The summed E-state index contributed by atoms with van der Waals surface area (Å²) in [4.78, 5) is 8.64. The van der Waals surface area contributed by atoms with Crippen LogP contribution in [0.25, 0.3) is 21.8 Å². The van der Waals surface area contributed by atoms with Crippen molar-refractivity contribution in [3.05, 3.63) is 42.1 Å². The van der Waals surface area contributed by atoms with Crippen LogP contribution in [0.3, 0.4) is 0 Å². The predicted octanol–water partition coefficient (Wildman–Crippen LogP) is 1.90. The number of hydrogen-bond donors (Lipinski definition) is 2. The number of anilines is 1. The molecule has 0 radical (unpaired) electrons. The van der Waals surface area contributed by atoms with Gasteiger partial charge in [0, 0.05) is 23.6 Å². The third-order valence-electron chi connectivity index (χ3n) is 3.04. The van der Waals surface area contributed by atoms with Crippen LogP contribution in [0.2, 0.25) is 0 Å². The number of nitrogens with two attached hydrogens (primary N) is 1. The zero-order valence-electron chi connectivity index (χ0n) is 9.80.